The smallest absolute Gasteiger partial charge is 0.408 e. The van der Waals surface area contributed by atoms with Crippen LogP contribution in [0.25, 0.3) is 0 Å². The first-order valence-electron chi connectivity index (χ1n) is 15.6. The minimum absolute atomic E-state index is 0.0101. The number of nitriles is 2. The summed E-state index contributed by atoms with van der Waals surface area (Å²) in [4.78, 5) is 55.0. The van der Waals surface area contributed by atoms with E-state index in [0.717, 1.165) is 5.56 Å². The van der Waals surface area contributed by atoms with Crippen LogP contribution in [0.2, 0.25) is 0 Å². The second-order valence-electron chi connectivity index (χ2n) is 14.2. The first-order chi connectivity index (χ1) is 21.2. The van der Waals surface area contributed by atoms with Crippen LogP contribution < -0.4 is 16.0 Å². The maximum Gasteiger partial charge on any atom is 0.408 e. The van der Waals surface area contributed by atoms with Gasteiger partial charge in [0.15, 0.2) is 5.60 Å². The number of ether oxygens (including phenoxy) is 2. The maximum atomic E-state index is 14.2. The van der Waals surface area contributed by atoms with Gasteiger partial charge in [0.2, 0.25) is 17.7 Å². The highest BCUT2D eigenvalue weighted by molar-refractivity contribution is 5.93. The highest BCUT2D eigenvalue weighted by Crippen LogP contribution is 2.65. The Bertz CT molecular complexity index is 1430. The van der Waals surface area contributed by atoms with Gasteiger partial charge >= 0.3 is 6.09 Å². The Kier molecular flexibility index (Phi) is 8.58. The zero-order valence-corrected chi connectivity index (χ0v) is 26.5. The number of nitrogens with zero attached hydrogens (tertiary/aromatic N) is 3. The molecule has 0 aromatic heterocycles. The number of carbonyl (C=O) groups excluding carboxylic acids is 4. The SMILES string of the molecule is C[C@@H](OC1(C#N)CC1)[C@H](NC(=O)OCc1ccccc1)C(=O)N1C[C@H]2[C@@H]([C@H]1C(=O)N[C@H](C#N)C[C@@H]1CC(C)(C)NC1=O)C2(C)C. The normalized spacial score (nSPS) is 28.2. The lowest BCUT2D eigenvalue weighted by Gasteiger charge is -2.35. The van der Waals surface area contributed by atoms with Crippen LogP contribution in [0, 0.1) is 45.8 Å². The van der Waals surface area contributed by atoms with E-state index in [2.05, 4.69) is 28.1 Å². The molecule has 0 spiro atoms. The van der Waals surface area contributed by atoms with E-state index < -0.39 is 53.7 Å². The van der Waals surface area contributed by atoms with Crippen molar-refractivity contribution in [3.63, 3.8) is 0 Å². The zero-order chi connectivity index (χ0) is 32.7. The lowest BCUT2D eigenvalue weighted by molar-refractivity contribution is -0.145. The van der Waals surface area contributed by atoms with Crippen LogP contribution in [0.3, 0.4) is 0 Å². The lowest BCUT2D eigenvalue weighted by Crippen LogP contribution is -2.60. The minimum atomic E-state index is -1.23. The van der Waals surface area contributed by atoms with Crippen molar-refractivity contribution in [2.75, 3.05) is 6.54 Å². The van der Waals surface area contributed by atoms with Gasteiger partial charge in [0, 0.05) is 18.0 Å². The number of amides is 4. The van der Waals surface area contributed by atoms with Gasteiger partial charge in [-0.15, -0.1) is 0 Å². The van der Waals surface area contributed by atoms with Gasteiger partial charge < -0.3 is 30.3 Å². The molecule has 4 aliphatic rings. The summed E-state index contributed by atoms with van der Waals surface area (Å²) in [7, 11) is 0. The van der Waals surface area contributed by atoms with Crippen LogP contribution in [-0.2, 0) is 30.5 Å². The van der Waals surface area contributed by atoms with E-state index in [1.165, 1.54) is 4.90 Å². The summed E-state index contributed by atoms with van der Waals surface area (Å²) < 4.78 is 11.4. The summed E-state index contributed by atoms with van der Waals surface area (Å²) in [5.74, 6) is -1.66. The Morgan fingerprint density at radius 3 is 2.38 bits per heavy atom. The number of benzene rings is 1. The van der Waals surface area contributed by atoms with Crippen LogP contribution >= 0.6 is 0 Å². The summed E-state index contributed by atoms with van der Waals surface area (Å²) in [5, 5.41) is 27.9. The molecule has 7 atom stereocenters. The lowest BCUT2D eigenvalue weighted by atomic mass is 9.91. The quantitative estimate of drug-likeness (QED) is 0.339. The van der Waals surface area contributed by atoms with Gasteiger partial charge in [-0.25, -0.2) is 4.79 Å². The van der Waals surface area contributed by atoms with Crippen molar-refractivity contribution in [1.29, 1.82) is 10.5 Å². The van der Waals surface area contributed by atoms with Crippen molar-refractivity contribution < 1.29 is 28.7 Å². The molecule has 1 aromatic carbocycles. The van der Waals surface area contributed by atoms with Crippen molar-refractivity contribution >= 4 is 23.8 Å². The average molecular weight is 619 g/mol. The Hall–Kier alpha value is -4.16. The number of likely N-dealkylation sites (tertiary alicyclic amines) is 1. The third kappa shape index (κ3) is 6.76. The monoisotopic (exact) mass is 618 g/mol. The highest BCUT2D eigenvalue weighted by atomic mass is 16.6. The molecule has 0 bridgehead atoms. The first kappa shape index (κ1) is 32.2. The number of alkyl carbamates (subject to hydrolysis) is 1. The number of piperidine rings is 1. The third-order valence-electron chi connectivity index (χ3n) is 9.88. The van der Waals surface area contributed by atoms with Crippen molar-refractivity contribution in [3.8, 4) is 12.1 Å². The minimum Gasteiger partial charge on any atom is -0.445 e. The van der Waals surface area contributed by atoms with Gasteiger partial charge in [-0.2, -0.15) is 10.5 Å². The summed E-state index contributed by atoms with van der Waals surface area (Å²) in [6.07, 6.45) is 0.0180. The number of hydrogen-bond donors (Lipinski definition) is 3. The van der Waals surface area contributed by atoms with E-state index in [9.17, 15) is 29.7 Å². The largest absolute Gasteiger partial charge is 0.445 e. The number of carbonyl (C=O) groups is 4. The van der Waals surface area contributed by atoms with E-state index >= 15 is 0 Å². The second-order valence-corrected chi connectivity index (χ2v) is 14.2. The molecule has 240 valence electrons. The molecule has 2 saturated carbocycles. The molecule has 3 N–H and O–H groups in total. The summed E-state index contributed by atoms with van der Waals surface area (Å²) >= 11 is 0. The Labute approximate surface area is 263 Å². The van der Waals surface area contributed by atoms with Crippen LogP contribution in [0.4, 0.5) is 4.79 Å². The van der Waals surface area contributed by atoms with Crippen molar-refractivity contribution in [3.05, 3.63) is 35.9 Å². The highest BCUT2D eigenvalue weighted by Gasteiger charge is 2.70. The van der Waals surface area contributed by atoms with Crippen LogP contribution in [0.1, 0.15) is 65.9 Å². The van der Waals surface area contributed by atoms with Gasteiger partial charge in [-0.05, 0) is 69.3 Å². The molecule has 12 nitrogen and oxygen atoms in total. The van der Waals surface area contributed by atoms with Crippen molar-refractivity contribution in [1.82, 2.24) is 20.9 Å². The molecule has 2 heterocycles. The second kappa shape index (κ2) is 12.0. The molecule has 1 aromatic rings. The van der Waals surface area contributed by atoms with Gasteiger partial charge in [0.25, 0.3) is 0 Å². The van der Waals surface area contributed by atoms with Gasteiger partial charge in [0.1, 0.15) is 24.7 Å². The third-order valence-corrected chi connectivity index (χ3v) is 9.88. The molecule has 4 fully saturated rings. The standard InChI is InChI=1S/C33H42N6O6/c1-19(45-33(18-35)11-12-33)25(37-30(43)44-17-20-9-7-6-8-10-20)29(42)39-16-23-24(32(23,4)5)26(39)28(41)36-22(15-34)13-21-14-31(2,3)38-27(21)40/h6-10,19,21-26H,11-14,16-17H2,1-5H3,(H,36,41)(H,37,43)(H,38,40)/t19-,21-,22+,23+,24+,25+,26+/m1/s1. The molecule has 2 saturated heterocycles. The van der Waals surface area contributed by atoms with Crippen LogP contribution in [-0.4, -0.2) is 70.6 Å². The Morgan fingerprint density at radius 1 is 1.11 bits per heavy atom. The van der Waals surface area contributed by atoms with Gasteiger partial charge in [-0.1, -0.05) is 44.2 Å². The molecule has 0 radical (unpaired) electrons. The number of fused-ring (bicyclic) bond motifs is 1. The molecular formula is C33H42N6O6. The first-order valence-corrected chi connectivity index (χ1v) is 15.6. The molecule has 0 unspecified atom stereocenters. The Morgan fingerprint density at radius 2 is 1.80 bits per heavy atom. The average Bonchev–Trinajstić information content (AvgIpc) is 3.75. The molecule has 2 aliphatic carbocycles. The van der Waals surface area contributed by atoms with Crippen molar-refractivity contribution in [2.45, 2.75) is 102 Å². The molecule has 12 heteroatoms. The fraction of sp³-hybridized carbons (Fsp3) is 0.636. The van der Waals surface area contributed by atoms with Crippen molar-refractivity contribution in [2.24, 2.45) is 23.2 Å². The van der Waals surface area contributed by atoms with Gasteiger partial charge in [-0.3, -0.25) is 14.4 Å². The Balaban J connectivity index is 1.32. The zero-order valence-electron chi connectivity index (χ0n) is 26.5. The predicted molar refractivity (Wildman–Crippen MR) is 160 cm³/mol. The molecule has 4 amide bonds. The maximum absolute atomic E-state index is 14.2. The fourth-order valence-electron chi connectivity index (χ4n) is 7.13. The van der Waals surface area contributed by atoms with Gasteiger partial charge in [0.05, 0.1) is 18.2 Å². The fourth-order valence-corrected chi connectivity index (χ4v) is 7.13. The summed E-state index contributed by atoms with van der Waals surface area (Å²) in [6.45, 7) is 9.81. The van der Waals surface area contributed by atoms with E-state index in [-0.39, 0.29) is 41.7 Å². The van der Waals surface area contributed by atoms with Crippen LogP contribution in [0.15, 0.2) is 30.3 Å². The van der Waals surface area contributed by atoms with Crippen LogP contribution in [0.5, 0.6) is 0 Å². The molecule has 45 heavy (non-hydrogen) atoms. The van der Waals surface area contributed by atoms with E-state index in [4.69, 9.17) is 9.47 Å². The van der Waals surface area contributed by atoms with E-state index in [1.807, 2.05) is 45.9 Å². The molecule has 2 aliphatic heterocycles. The molecular weight excluding hydrogens is 576 g/mol. The number of rotatable bonds is 11. The predicted octanol–water partition coefficient (Wildman–Crippen LogP) is 2.54. The summed E-state index contributed by atoms with van der Waals surface area (Å²) in [5.41, 5.74) is -0.833. The molecule has 5 rings (SSSR count). The van der Waals surface area contributed by atoms with E-state index in [1.54, 1.807) is 19.1 Å². The topological polar surface area (TPSA) is 174 Å². The summed E-state index contributed by atoms with van der Waals surface area (Å²) in [6, 6.07) is 10.3. The number of hydrogen-bond acceptors (Lipinski definition) is 8. The number of nitrogens with one attached hydrogen (secondary N) is 3. The van der Waals surface area contributed by atoms with E-state index in [0.29, 0.717) is 25.8 Å².